The molecule has 2 amide bonds. The molecule has 22 heavy (non-hydrogen) atoms. The molecular formula is C11H11KN2O7S. The molecule has 0 bridgehead atoms. The van der Waals surface area contributed by atoms with E-state index in [0.29, 0.717) is 5.75 Å². The second-order valence-corrected chi connectivity index (χ2v) is 5.23. The second kappa shape index (κ2) is 8.36. The number of hydrogen-bond acceptors (Lipinski definition) is 7. The number of para-hydroxylation sites is 1. The van der Waals surface area contributed by atoms with Gasteiger partial charge in [0.2, 0.25) is 10.3 Å². The molecule has 0 radical (unpaired) electrons. The van der Waals surface area contributed by atoms with Gasteiger partial charge in [-0.3, -0.25) is 14.4 Å². The van der Waals surface area contributed by atoms with E-state index in [-0.39, 0.29) is 62.5 Å². The third-order valence-corrected chi connectivity index (χ3v) is 3.18. The molecular weight excluding hydrogens is 343 g/mol. The molecule has 1 aliphatic heterocycles. The number of hydroxylamine groups is 1. The van der Waals surface area contributed by atoms with Crippen LogP contribution in [0, 0.1) is 0 Å². The fraction of sp³-hybridized carbons (Fsp3) is 0.273. The third kappa shape index (κ3) is 5.28. The number of carbonyl (C=O) groups excluding carboxylic acids is 2. The molecule has 1 aliphatic rings. The molecule has 0 saturated carbocycles. The molecule has 0 aromatic heterocycles. The van der Waals surface area contributed by atoms with E-state index in [9.17, 15) is 22.6 Å². The molecule has 0 spiro atoms. The zero-order valence-electron chi connectivity index (χ0n) is 11.6. The van der Waals surface area contributed by atoms with Gasteiger partial charge in [0.15, 0.2) is 6.61 Å². The summed E-state index contributed by atoms with van der Waals surface area (Å²) in [6.45, 7) is -0.796. The molecule has 1 fully saturated rings. The second-order valence-electron chi connectivity index (χ2n) is 4.04. The van der Waals surface area contributed by atoms with Gasteiger partial charge < -0.3 is 14.6 Å². The molecule has 11 heteroatoms. The van der Waals surface area contributed by atoms with Gasteiger partial charge in [0.1, 0.15) is 18.4 Å². The minimum atomic E-state index is -5.05. The fourth-order valence-electron chi connectivity index (χ4n) is 1.58. The van der Waals surface area contributed by atoms with Crippen LogP contribution >= 0.6 is 0 Å². The van der Waals surface area contributed by atoms with Gasteiger partial charge in [0.25, 0.3) is 11.8 Å². The summed E-state index contributed by atoms with van der Waals surface area (Å²) in [6, 6.07) is 7.27. The van der Waals surface area contributed by atoms with Crippen LogP contribution in [0.5, 0.6) is 5.75 Å². The Kier molecular flexibility index (Phi) is 7.41. The minimum Gasteiger partial charge on any atom is -0.729 e. The van der Waals surface area contributed by atoms with Crippen LogP contribution in [0.25, 0.3) is 0 Å². The van der Waals surface area contributed by atoms with Gasteiger partial charge in [0.05, 0.1) is 0 Å². The number of amides is 2. The Morgan fingerprint density at radius 1 is 1.41 bits per heavy atom. The molecule has 2 rings (SSSR count). The predicted octanol–water partition coefficient (Wildman–Crippen LogP) is -4.21. The van der Waals surface area contributed by atoms with E-state index in [2.05, 4.69) is 10.2 Å². The SMILES string of the molecule is O=C(COc1ccccc1)N[C@H]1CON(S(=O)(=O)[O-])C1=O.[K+]. The van der Waals surface area contributed by atoms with Crippen molar-refractivity contribution in [2.24, 2.45) is 0 Å². The van der Waals surface area contributed by atoms with Crippen molar-refractivity contribution >= 4 is 22.1 Å². The Labute approximate surface area is 169 Å². The summed E-state index contributed by atoms with van der Waals surface area (Å²) >= 11 is 0. The number of nitrogens with zero attached hydrogens (tertiary/aromatic N) is 1. The van der Waals surface area contributed by atoms with Gasteiger partial charge in [-0.05, 0) is 12.1 Å². The van der Waals surface area contributed by atoms with Crippen LogP contribution in [0.3, 0.4) is 0 Å². The van der Waals surface area contributed by atoms with Gasteiger partial charge in [-0.15, -0.1) is 4.47 Å². The van der Waals surface area contributed by atoms with Crippen molar-refractivity contribution in [2.75, 3.05) is 13.2 Å². The smallest absolute Gasteiger partial charge is 0.729 e. The zero-order valence-corrected chi connectivity index (χ0v) is 15.5. The standard InChI is InChI=1S/C11H12N2O7S.K/c14-10(7-19-8-4-2-1-3-5-8)12-9-6-20-13(11(9)15)21(16,17)18;/h1-5,9H,6-7H2,(H,12,14)(H,16,17,18);/q;+1/p-1/t9-;/m0./s1. The van der Waals surface area contributed by atoms with Crippen molar-refractivity contribution in [1.29, 1.82) is 0 Å². The van der Waals surface area contributed by atoms with Crippen molar-refractivity contribution in [3.63, 3.8) is 0 Å². The van der Waals surface area contributed by atoms with Gasteiger partial charge in [-0.25, -0.2) is 8.42 Å². The normalized spacial score (nSPS) is 17.8. The van der Waals surface area contributed by atoms with E-state index in [4.69, 9.17) is 4.74 Å². The van der Waals surface area contributed by atoms with Gasteiger partial charge in [0, 0.05) is 0 Å². The quantitative estimate of drug-likeness (QED) is 0.420. The van der Waals surface area contributed by atoms with E-state index < -0.39 is 34.8 Å². The average Bonchev–Trinajstić information content (AvgIpc) is 2.79. The molecule has 1 aromatic rings. The number of benzene rings is 1. The minimum absolute atomic E-state index is 0. The zero-order chi connectivity index (χ0) is 15.5. The fourth-order valence-corrected chi connectivity index (χ4v) is 2.12. The molecule has 0 unspecified atom stereocenters. The van der Waals surface area contributed by atoms with Crippen LogP contribution in [-0.4, -0.2) is 48.5 Å². The van der Waals surface area contributed by atoms with Crippen LogP contribution in [0.2, 0.25) is 0 Å². The average molecular weight is 354 g/mol. The predicted molar refractivity (Wildman–Crippen MR) is 66.4 cm³/mol. The van der Waals surface area contributed by atoms with E-state index >= 15 is 0 Å². The van der Waals surface area contributed by atoms with Crippen LogP contribution in [0.15, 0.2) is 30.3 Å². The van der Waals surface area contributed by atoms with E-state index in [1.165, 1.54) is 0 Å². The molecule has 1 saturated heterocycles. The molecule has 1 heterocycles. The summed E-state index contributed by atoms with van der Waals surface area (Å²) in [5.74, 6) is -1.32. The number of carbonyl (C=O) groups is 2. The maximum Gasteiger partial charge on any atom is 1.00 e. The van der Waals surface area contributed by atoms with Crippen LogP contribution < -0.4 is 61.4 Å². The van der Waals surface area contributed by atoms with Crippen molar-refractivity contribution in [1.82, 2.24) is 9.79 Å². The van der Waals surface area contributed by atoms with Gasteiger partial charge >= 0.3 is 51.4 Å². The Balaban J connectivity index is 0.00000242. The van der Waals surface area contributed by atoms with Crippen LogP contribution in [0.4, 0.5) is 0 Å². The Hall–Kier alpha value is -0.534. The first-order chi connectivity index (χ1) is 9.88. The van der Waals surface area contributed by atoms with Crippen LogP contribution in [-0.2, 0) is 24.7 Å². The molecule has 1 N–H and O–H groups in total. The van der Waals surface area contributed by atoms with E-state index in [1.54, 1.807) is 30.3 Å². The van der Waals surface area contributed by atoms with E-state index in [0.717, 1.165) is 0 Å². The molecule has 1 aromatic carbocycles. The molecule has 114 valence electrons. The largest absolute Gasteiger partial charge is 1.00 e. The Morgan fingerprint density at radius 3 is 2.59 bits per heavy atom. The topological polar surface area (TPSA) is 125 Å². The summed E-state index contributed by atoms with van der Waals surface area (Å²) < 4.78 is 36.9. The summed E-state index contributed by atoms with van der Waals surface area (Å²) in [4.78, 5) is 27.5. The van der Waals surface area contributed by atoms with Crippen molar-refractivity contribution in [3.05, 3.63) is 30.3 Å². The molecule has 0 aliphatic carbocycles. The van der Waals surface area contributed by atoms with E-state index in [1.807, 2.05) is 0 Å². The maximum atomic E-state index is 11.6. The first kappa shape index (κ1) is 19.5. The number of nitrogens with one attached hydrogen (secondary N) is 1. The summed E-state index contributed by atoms with van der Waals surface area (Å²) in [7, 11) is -5.05. The summed E-state index contributed by atoms with van der Waals surface area (Å²) in [5, 5.41) is 2.22. The first-order valence-corrected chi connectivity index (χ1v) is 7.14. The molecule has 9 nitrogen and oxygen atoms in total. The summed E-state index contributed by atoms with van der Waals surface area (Å²) in [5.41, 5.74) is 0. The first-order valence-electron chi connectivity index (χ1n) is 5.78. The number of hydrogen-bond donors (Lipinski definition) is 1. The maximum absolute atomic E-state index is 11.6. The van der Waals surface area contributed by atoms with Gasteiger partial charge in [-0.2, -0.15) is 0 Å². The van der Waals surface area contributed by atoms with Crippen molar-refractivity contribution in [3.8, 4) is 5.75 Å². The summed E-state index contributed by atoms with van der Waals surface area (Å²) in [6.07, 6.45) is 0. The van der Waals surface area contributed by atoms with Crippen molar-refractivity contribution in [2.45, 2.75) is 6.04 Å². The number of rotatable bonds is 5. The van der Waals surface area contributed by atoms with Crippen LogP contribution in [0.1, 0.15) is 0 Å². The van der Waals surface area contributed by atoms with Crippen molar-refractivity contribution < 1.29 is 83.5 Å². The Bertz CT molecular complexity index is 637. The monoisotopic (exact) mass is 354 g/mol. The molecule has 1 atom stereocenters. The third-order valence-electron chi connectivity index (χ3n) is 2.49. The van der Waals surface area contributed by atoms with Gasteiger partial charge in [-0.1, -0.05) is 18.2 Å². The Morgan fingerprint density at radius 2 is 2.05 bits per heavy atom. The number of ether oxygens (including phenoxy) is 1.